The number of H-pyrrole nitrogens is 1. The molecule has 0 aliphatic heterocycles. The molecule has 0 bridgehead atoms. The molecule has 1 saturated carbocycles. The molecule has 132 valence electrons. The third-order valence-corrected chi connectivity index (χ3v) is 6.73. The molecule has 1 heterocycles. The van der Waals surface area contributed by atoms with Crippen molar-refractivity contribution in [3.05, 3.63) is 71.4 Å². The van der Waals surface area contributed by atoms with Crippen molar-refractivity contribution in [3.8, 4) is 0 Å². The van der Waals surface area contributed by atoms with Crippen molar-refractivity contribution in [2.75, 3.05) is 0 Å². The summed E-state index contributed by atoms with van der Waals surface area (Å²) in [5.41, 5.74) is 4.91. The van der Waals surface area contributed by atoms with Crippen molar-refractivity contribution < 1.29 is 9.90 Å². The zero-order valence-corrected chi connectivity index (χ0v) is 14.7. The topological polar surface area (TPSA) is 53.1 Å². The molecule has 0 spiro atoms. The molecule has 1 aromatic heterocycles. The lowest BCUT2D eigenvalue weighted by atomic mass is 9.50. The Bertz CT molecular complexity index is 974. The second kappa shape index (κ2) is 5.73. The van der Waals surface area contributed by atoms with E-state index in [1.54, 1.807) is 0 Å². The van der Waals surface area contributed by atoms with E-state index in [2.05, 4.69) is 59.6 Å². The Morgan fingerprint density at radius 3 is 2.62 bits per heavy atom. The van der Waals surface area contributed by atoms with Crippen LogP contribution in [0.1, 0.15) is 48.4 Å². The summed E-state index contributed by atoms with van der Waals surface area (Å²) in [7, 11) is 0. The van der Waals surface area contributed by atoms with E-state index in [-0.39, 0.29) is 11.8 Å². The highest BCUT2D eigenvalue weighted by Gasteiger charge is 2.55. The van der Waals surface area contributed by atoms with Crippen LogP contribution < -0.4 is 0 Å². The van der Waals surface area contributed by atoms with Crippen LogP contribution in [0.25, 0.3) is 10.9 Å². The number of carboxylic acids is 1. The molecule has 2 N–H and O–H groups in total. The van der Waals surface area contributed by atoms with E-state index in [1.807, 2.05) is 0 Å². The zero-order valence-electron chi connectivity index (χ0n) is 14.7. The van der Waals surface area contributed by atoms with Gasteiger partial charge in [0.1, 0.15) is 0 Å². The normalized spacial score (nSPS) is 26.8. The van der Waals surface area contributed by atoms with Crippen LogP contribution in [0.4, 0.5) is 0 Å². The van der Waals surface area contributed by atoms with E-state index >= 15 is 0 Å². The van der Waals surface area contributed by atoms with Gasteiger partial charge in [-0.25, -0.2) is 0 Å². The van der Waals surface area contributed by atoms with Crippen LogP contribution in [0, 0.1) is 5.92 Å². The maximum atomic E-state index is 11.6. The summed E-state index contributed by atoms with van der Waals surface area (Å²) >= 11 is 0. The molecular weight excluding hydrogens is 322 g/mol. The molecule has 2 aliphatic rings. The third-order valence-electron chi connectivity index (χ3n) is 6.73. The molecule has 0 saturated heterocycles. The van der Waals surface area contributed by atoms with Gasteiger partial charge in [-0.1, -0.05) is 48.5 Å². The SMILES string of the molecule is O=C(O)CC12CCC1CC(Cc1ccccc1)c1c2[nH]c2ccccc12. The molecule has 3 aromatic rings. The van der Waals surface area contributed by atoms with E-state index in [4.69, 9.17) is 0 Å². The van der Waals surface area contributed by atoms with E-state index in [0.717, 1.165) is 31.2 Å². The van der Waals surface area contributed by atoms with Gasteiger partial charge in [-0.15, -0.1) is 0 Å². The molecule has 0 radical (unpaired) electrons. The minimum atomic E-state index is -0.680. The van der Waals surface area contributed by atoms with E-state index in [9.17, 15) is 9.90 Å². The molecule has 5 rings (SSSR count). The van der Waals surface area contributed by atoms with Gasteiger partial charge in [0.15, 0.2) is 0 Å². The van der Waals surface area contributed by atoms with Gasteiger partial charge in [0.25, 0.3) is 0 Å². The van der Waals surface area contributed by atoms with Crippen LogP contribution in [0.2, 0.25) is 0 Å². The van der Waals surface area contributed by atoms with E-state index in [1.165, 1.54) is 22.2 Å². The molecule has 26 heavy (non-hydrogen) atoms. The summed E-state index contributed by atoms with van der Waals surface area (Å²) < 4.78 is 0. The molecule has 3 atom stereocenters. The van der Waals surface area contributed by atoms with Gasteiger partial charge in [0, 0.05) is 22.0 Å². The highest BCUT2D eigenvalue weighted by Crippen LogP contribution is 2.60. The molecule has 2 aromatic carbocycles. The monoisotopic (exact) mass is 345 g/mol. The van der Waals surface area contributed by atoms with Gasteiger partial charge in [0.05, 0.1) is 6.42 Å². The Labute approximate surface area is 153 Å². The summed E-state index contributed by atoms with van der Waals surface area (Å²) in [5.74, 6) is 0.254. The predicted octanol–water partition coefficient (Wildman–Crippen LogP) is 5.02. The van der Waals surface area contributed by atoms with Crippen molar-refractivity contribution in [1.82, 2.24) is 4.98 Å². The number of aliphatic carboxylic acids is 1. The minimum absolute atomic E-state index is 0.187. The summed E-state index contributed by atoms with van der Waals surface area (Å²) in [6.07, 6.45) is 4.50. The first-order valence-corrected chi connectivity index (χ1v) is 9.54. The molecule has 1 fully saturated rings. The van der Waals surface area contributed by atoms with Crippen molar-refractivity contribution >= 4 is 16.9 Å². The van der Waals surface area contributed by atoms with Crippen LogP contribution in [0.5, 0.6) is 0 Å². The largest absolute Gasteiger partial charge is 0.481 e. The number of nitrogens with one attached hydrogen (secondary N) is 1. The smallest absolute Gasteiger partial charge is 0.304 e. The molecular formula is C23H23NO2. The van der Waals surface area contributed by atoms with Crippen LogP contribution in [0.3, 0.4) is 0 Å². The second-order valence-corrected chi connectivity index (χ2v) is 8.04. The fraction of sp³-hybridized carbons (Fsp3) is 0.348. The van der Waals surface area contributed by atoms with E-state index in [0.29, 0.717) is 11.8 Å². The number of hydrogen-bond donors (Lipinski definition) is 2. The fourth-order valence-electron chi connectivity index (χ4n) is 5.49. The number of hydrogen-bond acceptors (Lipinski definition) is 1. The average Bonchev–Trinajstić information content (AvgIpc) is 3.02. The average molecular weight is 345 g/mol. The second-order valence-electron chi connectivity index (χ2n) is 8.04. The fourth-order valence-corrected chi connectivity index (χ4v) is 5.49. The maximum Gasteiger partial charge on any atom is 0.304 e. The molecule has 3 nitrogen and oxygen atoms in total. The Hall–Kier alpha value is -2.55. The first kappa shape index (κ1) is 15.7. The number of carbonyl (C=O) groups is 1. The lowest BCUT2D eigenvalue weighted by Gasteiger charge is -2.54. The zero-order chi connectivity index (χ0) is 17.7. The molecule has 3 unspecified atom stereocenters. The number of aromatic amines is 1. The Morgan fingerprint density at radius 2 is 1.88 bits per heavy atom. The van der Waals surface area contributed by atoms with Gasteiger partial charge in [-0.3, -0.25) is 4.79 Å². The number of aromatic nitrogens is 1. The Balaban J connectivity index is 1.66. The molecule has 3 heteroatoms. The van der Waals surface area contributed by atoms with Crippen LogP contribution in [-0.4, -0.2) is 16.1 Å². The number of benzene rings is 2. The summed E-state index contributed by atoms with van der Waals surface area (Å²) in [5, 5.41) is 10.8. The highest BCUT2D eigenvalue weighted by molar-refractivity contribution is 5.87. The van der Waals surface area contributed by atoms with Gasteiger partial charge in [-0.2, -0.15) is 0 Å². The quantitative estimate of drug-likeness (QED) is 0.697. The van der Waals surface area contributed by atoms with Gasteiger partial charge in [0.2, 0.25) is 0 Å². The van der Waals surface area contributed by atoms with Crippen molar-refractivity contribution in [1.29, 1.82) is 0 Å². The Morgan fingerprint density at radius 1 is 1.12 bits per heavy atom. The van der Waals surface area contributed by atoms with Crippen LogP contribution in [0.15, 0.2) is 54.6 Å². The number of carboxylic acid groups (broad SMARTS) is 1. The highest BCUT2D eigenvalue weighted by atomic mass is 16.4. The van der Waals surface area contributed by atoms with Crippen LogP contribution >= 0.6 is 0 Å². The number of rotatable bonds is 4. The maximum absolute atomic E-state index is 11.6. The number of fused-ring (bicyclic) bond motifs is 5. The van der Waals surface area contributed by atoms with Crippen molar-refractivity contribution in [3.63, 3.8) is 0 Å². The van der Waals surface area contributed by atoms with Crippen LogP contribution in [-0.2, 0) is 16.6 Å². The van der Waals surface area contributed by atoms with Crippen molar-refractivity contribution in [2.45, 2.75) is 43.4 Å². The number of para-hydroxylation sites is 1. The summed E-state index contributed by atoms with van der Waals surface area (Å²) in [4.78, 5) is 15.3. The predicted molar refractivity (Wildman–Crippen MR) is 102 cm³/mol. The minimum Gasteiger partial charge on any atom is -0.481 e. The summed E-state index contributed by atoms with van der Waals surface area (Å²) in [6.45, 7) is 0. The summed E-state index contributed by atoms with van der Waals surface area (Å²) in [6, 6.07) is 19.1. The third kappa shape index (κ3) is 2.23. The first-order valence-electron chi connectivity index (χ1n) is 9.54. The Kier molecular flexibility index (Phi) is 3.46. The standard InChI is InChI=1S/C23H23NO2/c25-20(26)14-23-11-10-17(23)13-16(12-15-6-2-1-3-7-15)21-18-8-4-5-9-19(18)24-22(21)23/h1-9,16-17,24H,10-14H2,(H,25,26). The van der Waals surface area contributed by atoms with Gasteiger partial charge >= 0.3 is 5.97 Å². The van der Waals surface area contributed by atoms with Gasteiger partial charge < -0.3 is 10.1 Å². The van der Waals surface area contributed by atoms with Gasteiger partial charge in [-0.05, 0) is 54.7 Å². The van der Waals surface area contributed by atoms with E-state index < -0.39 is 5.97 Å². The molecule has 2 aliphatic carbocycles. The molecule has 0 amide bonds. The lowest BCUT2D eigenvalue weighted by molar-refractivity contribution is -0.141. The first-order chi connectivity index (χ1) is 12.7. The lowest BCUT2D eigenvalue weighted by Crippen LogP contribution is -2.50. The van der Waals surface area contributed by atoms with Crippen molar-refractivity contribution in [2.24, 2.45) is 5.92 Å².